The number of aryl methyl sites for hydroxylation is 1. The third kappa shape index (κ3) is 4.11. The van der Waals surface area contributed by atoms with Gasteiger partial charge in [-0.3, -0.25) is 4.79 Å². The van der Waals surface area contributed by atoms with E-state index in [1.165, 1.54) is 23.1 Å². The van der Waals surface area contributed by atoms with Gasteiger partial charge in [0.2, 0.25) is 5.91 Å². The first kappa shape index (κ1) is 16.6. The molecule has 0 fully saturated rings. The fourth-order valence-electron chi connectivity index (χ4n) is 1.69. The monoisotopic (exact) mass is 339 g/mol. The number of ether oxygens (including phenoxy) is 2. The van der Waals surface area contributed by atoms with Crippen molar-refractivity contribution in [3.05, 3.63) is 23.2 Å². The zero-order valence-electron chi connectivity index (χ0n) is 12.7. The largest absolute Gasteiger partial charge is 0.493 e. The van der Waals surface area contributed by atoms with E-state index in [9.17, 15) is 4.79 Å². The normalized spacial score (nSPS) is 11.8. The van der Waals surface area contributed by atoms with Crippen LogP contribution in [0.15, 0.2) is 22.5 Å². The van der Waals surface area contributed by atoms with Crippen LogP contribution < -0.4 is 14.8 Å². The molecule has 2 rings (SSSR count). The molecule has 1 amide bonds. The SMILES string of the molecule is COc1ccc(NC(=O)[C@@H](C)Sc2nnc(C)s2)cc1OC. The highest BCUT2D eigenvalue weighted by atomic mass is 32.2. The lowest BCUT2D eigenvalue weighted by Gasteiger charge is -2.13. The van der Waals surface area contributed by atoms with Crippen molar-refractivity contribution >= 4 is 34.7 Å². The summed E-state index contributed by atoms with van der Waals surface area (Å²) in [6.45, 7) is 3.72. The molecule has 1 atom stereocenters. The van der Waals surface area contributed by atoms with E-state index < -0.39 is 0 Å². The van der Waals surface area contributed by atoms with Gasteiger partial charge < -0.3 is 14.8 Å². The maximum atomic E-state index is 12.2. The van der Waals surface area contributed by atoms with Gasteiger partial charge in [-0.2, -0.15) is 0 Å². The molecule has 0 spiro atoms. The van der Waals surface area contributed by atoms with Gasteiger partial charge in [-0.25, -0.2) is 0 Å². The molecule has 1 heterocycles. The minimum absolute atomic E-state index is 0.106. The Morgan fingerprint density at radius 3 is 2.59 bits per heavy atom. The van der Waals surface area contributed by atoms with Crippen LogP contribution in [0.3, 0.4) is 0 Å². The number of methoxy groups -OCH3 is 2. The molecule has 0 unspecified atom stereocenters. The van der Waals surface area contributed by atoms with Crippen LogP contribution in [-0.4, -0.2) is 35.6 Å². The number of thioether (sulfide) groups is 1. The number of rotatable bonds is 6. The van der Waals surface area contributed by atoms with E-state index in [0.29, 0.717) is 17.2 Å². The minimum atomic E-state index is -0.277. The van der Waals surface area contributed by atoms with Gasteiger partial charge in [0.05, 0.1) is 19.5 Å². The molecule has 0 aliphatic rings. The standard InChI is InChI=1S/C14H17N3O3S2/c1-8(21-14-17-16-9(2)22-14)13(18)15-10-5-6-11(19-3)12(7-10)20-4/h5-8H,1-4H3,(H,15,18)/t8-/m1/s1. The predicted molar refractivity (Wildman–Crippen MR) is 88.1 cm³/mol. The number of aromatic nitrogens is 2. The summed E-state index contributed by atoms with van der Waals surface area (Å²) < 4.78 is 11.2. The lowest BCUT2D eigenvalue weighted by atomic mass is 10.2. The van der Waals surface area contributed by atoms with Crippen LogP contribution in [0.1, 0.15) is 11.9 Å². The number of carbonyl (C=O) groups is 1. The van der Waals surface area contributed by atoms with Crippen molar-refractivity contribution in [1.82, 2.24) is 10.2 Å². The molecular weight excluding hydrogens is 322 g/mol. The highest BCUT2D eigenvalue weighted by Crippen LogP contribution is 2.31. The number of carbonyl (C=O) groups excluding carboxylic acids is 1. The van der Waals surface area contributed by atoms with Crippen LogP contribution in [-0.2, 0) is 4.79 Å². The second-order valence-corrected chi connectivity index (χ2v) is 7.18. The first-order valence-corrected chi connectivity index (χ1v) is 8.22. The maximum absolute atomic E-state index is 12.2. The fraction of sp³-hybridized carbons (Fsp3) is 0.357. The molecule has 1 N–H and O–H groups in total. The summed E-state index contributed by atoms with van der Waals surface area (Å²) in [5.74, 6) is 1.08. The summed E-state index contributed by atoms with van der Waals surface area (Å²) >= 11 is 2.86. The van der Waals surface area contributed by atoms with Crippen LogP contribution >= 0.6 is 23.1 Å². The molecule has 2 aromatic rings. The van der Waals surface area contributed by atoms with Crippen molar-refractivity contribution in [2.75, 3.05) is 19.5 Å². The van der Waals surface area contributed by atoms with Crippen LogP contribution in [0.25, 0.3) is 0 Å². The van der Waals surface area contributed by atoms with E-state index in [4.69, 9.17) is 9.47 Å². The second-order valence-electron chi connectivity index (χ2n) is 4.41. The molecule has 6 nitrogen and oxygen atoms in total. The third-order valence-electron chi connectivity index (χ3n) is 2.81. The molecule has 22 heavy (non-hydrogen) atoms. The average molecular weight is 339 g/mol. The van der Waals surface area contributed by atoms with Crippen molar-refractivity contribution in [3.63, 3.8) is 0 Å². The molecule has 0 aliphatic carbocycles. The lowest BCUT2D eigenvalue weighted by molar-refractivity contribution is -0.115. The van der Waals surface area contributed by atoms with Gasteiger partial charge in [-0.1, -0.05) is 23.1 Å². The second kappa shape index (κ2) is 7.46. The molecule has 0 aliphatic heterocycles. The highest BCUT2D eigenvalue weighted by molar-refractivity contribution is 8.02. The number of nitrogens with one attached hydrogen (secondary N) is 1. The quantitative estimate of drug-likeness (QED) is 0.816. The van der Waals surface area contributed by atoms with Gasteiger partial charge in [0.15, 0.2) is 15.8 Å². The van der Waals surface area contributed by atoms with E-state index in [1.807, 2.05) is 13.8 Å². The first-order chi connectivity index (χ1) is 10.5. The molecule has 0 radical (unpaired) electrons. The number of amides is 1. The summed E-state index contributed by atoms with van der Waals surface area (Å²) in [4.78, 5) is 12.2. The zero-order chi connectivity index (χ0) is 16.1. The molecule has 0 bridgehead atoms. The van der Waals surface area contributed by atoms with Crippen molar-refractivity contribution < 1.29 is 14.3 Å². The summed E-state index contributed by atoms with van der Waals surface area (Å²) in [5.41, 5.74) is 0.656. The van der Waals surface area contributed by atoms with Gasteiger partial charge in [0, 0.05) is 11.8 Å². The van der Waals surface area contributed by atoms with Crippen LogP contribution in [0.4, 0.5) is 5.69 Å². The predicted octanol–water partition coefficient (Wildman–Crippen LogP) is 2.98. The van der Waals surface area contributed by atoms with Crippen LogP contribution in [0.5, 0.6) is 11.5 Å². The molecule has 0 saturated carbocycles. The van der Waals surface area contributed by atoms with E-state index in [1.54, 1.807) is 32.4 Å². The molecular formula is C14H17N3O3S2. The Hall–Kier alpha value is -1.80. The maximum Gasteiger partial charge on any atom is 0.237 e. The minimum Gasteiger partial charge on any atom is -0.493 e. The summed E-state index contributed by atoms with van der Waals surface area (Å²) in [5, 5.41) is 11.4. The van der Waals surface area contributed by atoms with Gasteiger partial charge in [0.1, 0.15) is 5.01 Å². The molecule has 8 heteroatoms. The smallest absolute Gasteiger partial charge is 0.237 e. The van der Waals surface area contributed by atoms with Gasteiger partial charge in [-0.05, 0) is 26.0 Å². The van der Waals surface area contributed by atoms with Crippen LogP contribution in [0, 0.1) is 6.92 Å². The summed E-state index contributed by atoms with van der Waals surface area (Å²) in [6.07, 6.45) is 0. The lowest BCUT2D eigenvalue weighted by Crippen LogP contribution is -2.22. The van der Waals surface area contributed by atoms with Crippen LogP contribution in [0.2, 0.25) is 0 Å². The van der Waals surface area contributed by atoms with Crippen molar-refractivity contribution in [3.8, 4) is 11.5 Å². The van der Waals surface area contributed by atoms with Gasteiger partial charge in [0.25, 0.3) is 0 Å². The van der Waals surface area contributed by atoms with Crippen molar-refractivity contribution in [2.24, 2.45) is 0 Å². The highest BCUT2D eigenvalue weighted by Gasteiger charge is 2.17. The van der Waals surface area contributed by atoms with Gasteiger partial charge in [-0.15, -0.1) is 10.2 Å². The molecule has 118 valence electrons. The van der Waals surface area contributed by atoms with Gasteiger partial charge >= 0.3 is 0 Å². The number of nitrogens with zero attached hydrogens (tertiary/aromatic N) is 2. The Labute approximate surface area is 137 Å². The Morgan fingerprint density at radius 1 is 1.27 bits per heavy atom. The number of anilines is 1. The number of hydrogen-bond acceptors (Lipinski definition) is 7. The summed E-state index contributed by atoms with van der Waals surface area (Å²) in [7, 11) is 3.12. The molecule has 0 saturated heterocycles. The molecule has 1 aromatic heterocycles. The Balaban J connectivity index is 2.01. The third-order valence-corrected chi connectivity index (χ3v) is 4.83. The average Bonchev–Trinajstić information content (AvgIpc) is 2.92. The van der Waals surface area contributed by atoms with Crippen molar-refractivity contribution in [2.45, 2.75) is 23.4 Å². The topological polar surface area (TPSA) is 73.3 Å². The van der Waals surface area contributed by atoms with E-state index >= 15 is 0 Å². The molecule has 1 aromatic carbocycles. The Bertz CT molecular complexity index is 661. The van der Waals surface area contributed by atoms with E-state index in [0.717, 1.165) is 9.35 Å². The Kier molecular flexibility index (Phi) is 5.62. The van der Waals surface area contributed by atoms with E-state index in [-0.39, 0.29) is 11.2 Å². The van der Waals surface area contributed by atoms with E-state index in [2.05, 4.69) is 15.5 Å². The number of benzene rings is 1. The summed E-state index contributed by atoms with van der Waals surface area (Å²) in [6, 6.07) is 5.25. The van der Waals surface area contributed by atoms with Crippen molar-refractivity contribution in [1.29, 1.82) is 0 Å². The first-order valence-electron chi connectivity index (χ1n) is 6.53. The Morgan fingerprint density at radius 2 is 2.00 bits per heavy atom. The fourth-order valence-corrected chi connectivity index (χ4v) is 3.65. The zero-order valence-corrected chi connectivity index (χ0v) is 14.4. The number of hydrogen-bond donors (Lipinski definition) is 1.